The predicted molar refractivity (Wildman–Crippen MR) is 111 cm³/mol. The summed E-state index contributed by atoms with van der Waals surface area (Å²) in [5, 5.41) is 10.1. The van der Waals surface area contributed by atoms with E-state index < -0.39 is 17.1 Å². The number of aromatic hydroxyl groups is 1. The maximum Gasteiger partial charge on any atom is 0.332 e. The standard InChI is InChI=1S/C22H18FN3O4/c1-25-20-19(21(28)26(2)22(25)29)15(12-4-7-14(23)8-5-12)11-16(24-20)13-6-9-17(27)18(10-13)30-3/h4-11,27H,1-3H3. The summed E-state index contributed by atoms with van der Waals surface area (Å²) in [6.45, 7) is 0. The lowest BCUT2D eigenvalue weighted by Gasteiger charge is -2.14. The van der Waals surface area contributed by atoms with Crippen LogP contribution in [-0.4, -0.2) is 26.3 Å². The fourth-order valence-electron chi connectivity index (χ4n) is 3.40. The second-order valence-corrected chi connectivity index (χ2v) is 6.85. The van der Waals surface area contributed by atoms with Gasteiger partial charge in [0, 0.05) is 25.2 Å². The number of fused-ring (bicyclic) bond motifs is 1. The van der Waals surface area contributed by atoms with Crippen molar-refractivity contribution in [1.82, 2.24) is 14.1 Å². The lowest BCUT2D eigenvalue weighted by Crippen LogP contribution is -2.37. The highest BCUT2D eigenvalue weighted by Gasteiger charge is 2.18. The van der Waals surface area contributed by atoms with E-state index in [9.17, 15) is 19.1 Å². The summed E-state index contributed by atoms with van der Waals surface area (Å²) in [4.78, 5) is 30.0. The largest absolute Gasteiger partial charge is 0.504 e. The highest BCUT2D eigenvalue weighted by Crippen LogP contribution is 2.34. The van der Waals surface area contributed by atoms with Crippen molar-refractivity contribution < 1.29 is 14.2 Å². The quantitative estimate of drug-likeness (QED) is 0.564. The van der Waals surface area contributed by atoms with Gasteiger partial charge in [-0.25, -0.2) is 14.2 Å². The molecule has 0 spiro atoms. The van der Waals surface area contributed by atoms with Crippen LogP contribution in [-0.2, 0) is 14.1 Å². The number of pyridine rings is 1. The first kappa shape index (κ1) is 19.4. The molecule has 0 amide bonds. The summed E-state index contributed by atoms with van der Waals surface area (Å²) in [6, 6.07) is 12.2. The molecule has 2 heterocycles. The third-order valence-corrected chi connectivity index (χ3v) is 5.04. The second kappa shape index (κ2) is 7.14. The van der Waals surface area contributed by atoms with Crippen LogP contribution in [0.15, 0.2) is 58.1 Å². The van der Waals surface area contributed by atoms with Gasteiger partial charge in [0.25, 0.3) is 5.56 Å². The van der Waals surface area contributed by atoms with E-state index in [0.717, 1.165) is 4.57 Å². The minimum absolute atomic E-state index is 0.0259. The number of rotatable bonds is 3. The zero-order valence-corrected chi connectivity index (χ0v) is 16.5. The number of phenols is 1. The van der Waals surface area contributed by atoms with Gasteiger partial charge in [0.2, 0.25) is 0 Å². The van der Waals surface area contributed by atoms with E-state index in [2.05, 4.69) is 4.98 Å². The lowest BCUT2D eigenvalue weighted by molar-refractivity contribution is 0.373. The molecule has 0 unspecified atom stereocenters. The average molecular weight is 407 g/mol. The smallest absolute Gasteiger partial charge is 0.332 e. The van der Waals surface area contributed by atoms with Crippen LogP contribution in [0.3, 0.4) is 0 Å². The Kier molecular flexibility index (Phi) is 4.62. The zero-order chi connectivity index (χ0) is 21.6. The first-order valence-corrected chi connectivity index (χ1v) is 9.06. The highest BCUT2D eigenvalue weighted by molar-refractivity contribution is 5.94. The van der Waals surface area contributed by atoms with E-state index in [1.54, 1.807) is 30.3 Å². The van der Waals surface area contributed by atoms with Gasteiger partial charge in [-0.1, -0.05) is 12.1 Å². The van der Waals surface area contributed by atoms with Crippen LogP contribution in [0.5, 0.6) is 11.5 Å². The molecule has 0 fully saturated rings. The van der Waals surface area contributed by atoms with E-state index >= 15 is 0 Å². The minimum atomic E-state index is -0.509. The van der Waals surface area contributed by atoms with Gasteiger partial charge in [-0.05, 0) is 42.0 Å². The number of benzene rings is 2. The van der Waals surface area contributed by atoms with Crippen LogP contribution in [0.1, 0.15) is 0 Å². The van der Waals surface area contributed by atoms with Crippen molar-refractivity contribution in [2.45, 2.75) is 0 Å². The minimum Gasteiger partial charge on any atom is -0.504 e. The molecular weight excluding hydrogens is 389 g/mol. The average Bonchev–Trinajstić information content (AvgIpc) is 2.76. The molecule has 2 aromatic carbocycles. The molecule has 2 aromatic heterocycles. The van der Waals surface area contributed by atoms with Gasteiger partial charge < -0.3 is 9.84 Å². The first-order valence-electron chi connectivity index (χ1n) is 9.06. The SMILES string of the molecule is COc1cc(-c2cc(-c3ccc(F)cc3)c3c(=O)n(C)c(=O)n(C)c3n2)ccc1O. The summed E-state index contributed by atoms with van der Waals surface area (Å²) in [6.07, 6.45) is 0. The molecule has 1 N–H and O–H groups in total. The molecule has 4 aromatic rings. The Morgan fingerprint density at radius 3 is 2.30 bits per heavy atom. The topological polar surface area (TPSA) is 86.4 Å². The number of aromatic nitrogens is 3. The second-order valence-electron chi connectivity index (χ2n) is 6.85. The molecule has 8 heteroatoms. The van der Waals surface area contributed by atoms with Gasteiger partial charge in [0.1, 0.15) is 5.82 Å². The van der Waals surface area contributed by atoms with E-state index in [0.29, 0.717) is 22.4 Å². The van der Waals surface area contributed by atoms with Crippen molar-refractivity contribution in [3.8, 4) is 33.9 Å². The molecule has 0 saturated carbocycles. The van der Waals surface area contributed by atoms with Crippen LogP contribution in [0.2, 0.25) is 0 Å². The summed E-state index contributed by atoms with van der Waals surface area (Å²) in [5.41, 5.74) is 1.39. The van der Waals surface area contributed by atoms with Crippen molar-refractivity contribution in [3.05, 3.63) is 75.2 Å². The summed E-state index contributed by atoms with van der Waals surface area (Å²) in [7, 11) is 4.37. The number of ether oxygens (including phenoxy) is 1. The van der Waals surface area contributed by atoms with Gasteiger partial charge in [-0.2, -0.15) is 0 Å². The zero-order valence-electron chi connectivity index (χ0n) is 16.5. The number of hydrogen-bond donors (Lipinski definition) is 1. The third-order valence-electron chi connectivity index (χ3n) is 5.04. The molecule has 0 aliphatic heterocycles. The molecule has 0 aliphatic carbocycles. The summed E-state index contributed by atoms with van der Waals surface area (Å²) >= 11 is 0. The number of halogens is 1. The molecule has 0 saturated heterocycles. The molecule has 0 aliphatic rings. The molecular formula is C22H18FN3O4. The van der Waals surface area contributed by atoms with E-state index in [1.807, 2.05) is 0 Å². The Balaban J connectivity index is 2.13. The Bertz CT molecular complexity index is 1410. The van der Waals surface area contributed by atoms with Gasteiger partial charge in [-0.3, -0.25) is 13.9 Å². The maximum atomic E-state index is 13.5. The molecule has 30 heavy (non-hydrogen) atoms. The van der Waals surface area contributed by atoms with Crippen LogP contribution in [0.4, 0.5) is 4.39 Å². The highest BCUT2D eigenvalue weighted by atomic mass is 19.1. The van der Waals surface area contributed by atoms with Crippen LogP contribution in [0, 0.1) is 5.82 Å². The monoisotopic (exact) mass is 407 g/mol. The molecule has 152 valence electrons. The van der Waals surface area contributed by atoms with Crippen LogP contribution < -0.4 is 16.0 Å². The van der Waals surface area contributed by atoms with Crippen molar-refractivity contribution in [2.24, 2.45) is 14.1 Å². The fourth-order valence-corrected chi connectivity index (χ4v) is 3.40. The first-order chi connectivity index (χ1) is 14.3. The van der Waals surface area contributed by atoms with Gasteiger partial charge >= 0.3 is 5.69 Å². The van der Waals surface area contributed by atoms with Gasteiger partial charge in [0.15, 0.2) is 17.1 Å². The third kappa shape index (κ3) is 3.02. The van der Waals surface area contributed by atoms with E-state index in [4.69, 9.17) is 4.74 Å². The van der Waals surface area contributed by atoms with Crippen LogP contribution >= 0.6 is 0 Å². The van der Waals surface area contributed by atoms with E-state index in [1.165, 1.54) is 44.0 Å². The van der Waals surface area contributed by atoms with Crippen molar-refractivity contribution in [1.29, 1.82) is 0 Å². The van der Waals surface area contributed by atoms with Crippen molar-refractivity contribution in [2.75, 3.05) is 7.11 Å². The van der Waals surface area contributed by atoms with Gasteiger partial charge in [0.05, 0.1) is 18.2 Å². The predicted octanol–water partition coefficient (Wildman–Crippen LogP) is 2.82. The molecule has 0 radical (unpaired) electrons. The fraction of sp³-hybridized carbons (Fsp3) is 0.136. The van der Waals surface area contributed by atoms with E-state index in [-0.39, 0.29) is 22.5 Å². The molecule has 0 bridgehead atoms. The molecule has 4 rings (SSSR count). The van der Waals surface area contributed by atoms with Gasteiger partial charge in [-0.15, -0.1) is 0 Å². The Morgan fingerprint density at radius 2 is 1.63 bits per heavy atom. The summed E-state index contributed by atoms with van der Waals surface area (Å²) in [5.74, 6) is -0.168. The normalized spacial score (nSPS) is 11.1. The lowest BCUT2D eigenvalue weighted by atomic mass is 10.00. The number of aryl methyl sites for hydroxylation is 1. The number of methoxy groups -OCH3 is 1. The maximum absolute atomic E-state index is 13.5. The molecule has 0 atom stereocenters. The molecule has 7 nitrogen and oxygen atoms in total. The van der Waals surface area contributed by atoms with Crippen molar-refractivity contribution >= 4 is 11.0 Å². The number of hydrogen-bond acceptors (Lipinski definition) is 5. The Hall–Kier alpha value is -3.94. The van der Waals surface area contributed by atoms with Crippen LogP contribution in [0.25, 0.3) is 33.4 Å². The van der Waals surface area contributed by atoms with Crippen molar-refractivity contribution in [3.63, 3.8) is 0 Å². The summed E-state index contributed by atoms with van der Waals surface area (Å²) < 4.78 is 21.0. The Labute approximate surface area is 170 Å². The Morgan fingerprint density at radius 1 is 0.967 bits per heavy atom. The number of nitrogens with zero attached hydrogens (tertiary/aromatic N) is 3. The number of phenolic OH excluding ortho intramolecular Hbond substituents is 1.